The molecule has 0 bridgehead atoms. The maximum atomic E-state index is 6.38. The highest BCUT2D eigenvalue weighted by Crippen LogP contribution is 2.24. The maximum Gasteiger partial charge on any atom is 0.119 e. The van der Waals surface area contributed by atoms with Crippen LogP contribution in [0.5, 0.6) is 5.75 Å². The highest BCUT2D eigenvalue weighted by Gasteiger charge is 2.14. The first-order chi connectivity index (χ1) is 13.8. The van der Waals surface area contributed by atoms with Gasteiger partial charge >= 0.3 is 0 Å². The zero-order valence-electron chi connectivity index (χ0n) is 16.6. The molecule has 1 saturated heterocycles. The van der Waals surface area contributed by atoms with Crippen molar-refractivity contribution in [2.45, 2.75) is 45.3 Å². The highest BCUT2D eigenvalue weighted by atomic mass is 16.5. The summed E-state index contributed by atoms with van der Waals surface area (Å²) in [6, 6.07) is 17.4. The number of benzene rings is 2. The lowest BCUT2D eigenvalue weighted by atomic mass is 10.1. The van der Waals surface area contributed by atoms with Crippen molar-refractivity contribution in [2.24, 2.45) is 0 Å². The van der Waals surface area contributed by atoms with Gasteiger partial charge in [-0.25, -0.2) is 4.98 Å². The summed E-state index contributed by atoms with van der Waals surface area (Å²) in [4.78, 5) is 6.62. The Labute approximate surface area is 167 Å². The molecule has 4 rings (SSSR count). The fraction of sp³-hybridized carbons (Fsp3) is 0.375. The van der Waals surface area contributed by atoms with E-state index >= 15 is 0 Å². The minimum atomic E-state index is 0.105. The fourth-order valence-electron chi connectivity index (χ4n) is 3.80. The molecule has 0 radical (unpaired) electrons. The summed E-state index contributed by atoms with van der Waals surface area (Å²) < 4.78 is 8.48. The first-order valence-electron chi connectivity index (χ1n) is 10.3. The molecule has 1 atom stereocenters. The van der Waals surface area contributed by atoms with Crippen LogP contribution in [-0.4, -0.2) is 28.7 Å². The van der Waals surface area contributed by atoms with Crippen LogP contribution in [0.2, 0.25) is 0 Å². The Hall–Kier alpha value is -2.75. The summed E-state index contributed by atoms with van der Waals surface area (Å²) in [5.41, 5.74) is 3.96. The van der Waals surface area contributed by atoms with E-state index in [1.807, 2.05) is 18.7 Å². The lowest BCUT2D eigenvalue weighted by Crippen LogP contribution is -2.23. The number of rotatable bonds is 8. The van der Waals surface area contributed by atoms with E-state index in [9.17, 15) is 0 Å². The smallest absolute Gasteiger partial charge is 0.119 e. The van der Waals surface area contributed by atoms with Gasteiger partial charge in [-0.3, -0.25) is 0 Å². The van der Waals surface area contributed by atoms with Gasteiger partial charge in [-0.2, -0.15) is 0 Å². The molecule has 1 fully saturated rings. The van der Waals surface area contributed by atoms with E-state index in [1.54, 1.807) is 0 Å². The molecule has 3 aromatic rings. The van der Waals surface area contributed by atoms with Crippen LogP contribution in [0, 0.1) is 6.92 Å². The van der Waals surface area contributed by atoms with Gasteiger partial charge in [0.1, 0.15) is 11.9 Å². The number of ether oxygens (including phenoxy) is 1. The van der Waals surface area contributed by atoms with Crippen LogP contribution in [0.4, 0.5) is 5.69 Å². The quantitative estimate of drug-likeness (QED) is 0.562. The van der Waals surface area contributed by atoms with Gasteiger partial charge in [0.15, 0.2) is 0 Å². The van der Waals surface area contributed by atoms with Crippen molar-refractivity contribution in [1.29, 1.82) is 0 Å². The molecular formula is C24H29N3O. The van der Waals surface area contributed by atoms with Gasteiger partial charge in [-0.15, -0.1) is 0 Å². The van der Waals surface area contributed by atoms with Crippen molar-refractivity contribution in [3.8, 4) is 5.75 Å². The summed E-state index contributed by atoms with van der Waals surface area (Å²) in [5, 5.41) is 0. The van der Waals surface area contributed by atoms with Gasteiger partial charge < -0.3 is 14.2 Å². The third-order valence-electron chi connectivity index (χ3n) is 5.46. The fourth-order valence-corrected chi connectivity index (χ4v) is 3.80. The monoisotopic (exact) mass is 375 g/mol. The molecule has 0 saturated carbocycles. The highest BCUT2D eigenvalue weighted by molar-refractivity contribution is 5.49. The van der Waals surface area contributed by atoms with E-state index in [4.69, 9.17) is 4.74 Å². The number of imidazole rings is 1. The zero-order valence-corrected chi connectivity index (χ0v) is 16.6. The van der Waals surface area contributed by atoms with Crippen molar-refractivity contribution >= 4 is 5.69 Å². The summed E-state index contributed by atoms with van der Waals surface area (Å²) in [6.07, 6.45) is 10.3. The Bertz CT molecular complexity index is 835. The first kappa shape index (κ1) is 18.6. The summed E-state index contributed by atoms with van der Waals surface area (Å²) in [5.74, 6) is 0.942. The number of hydrogen-bond acceptors (Lipinski definition) is 3. The van der Waals surface area contributed by atoms with Crippen LogP contribution in [0.25, 0.3) is 0 Å². The standard InChI is InChI=1S/C24H29N3O/c1-20-4-6-21(7-5-20)8-11-24(18-26-17-14-25-19-26)28-23-12-9-22(10-13-23)27-15-2-3-16-27/h4-7,9-10,12-14,17,19,24H,2-3,8,11,15-16,18H2,1H3. The van der Waals surface area contributed by atoms with Crippen LogP contribution >= 0.6 is 0 Å². The van der Waals surface area contributed by atoms with Crippen molar-refractivity contribution in [3.05, 3.63) is 78.4 Å². The molecule has 4 nitrogen and oxygen atoms in total. The molecule has 4 heteroatoms. The van der Waals surface area contributed by atoms with E-state index in [-0.39, 0.29) is 6.10 Å². The van der Waals surface area contributed by atoms with E-state index < -0.39 is 0 Å². The van der Waals surface area contributed by atoms with Gasteiger partial charge in [0, 0.05) is 31.2 Å². The minimum Gasteiger partial charge on any atom is -0.489 e. The summed E-state index contributed by atoms with van der Waals surface area (Å²) >= 11 is 0. The molecular weight excluding hydrogens is 346 g/mol. The van der Waals surface area contributed by atoms with Crippen molar-refractivity contribution in [1.82, 2.24) is 9.55 Å². The normalized spacial score (nSPS) is 15.0. The molecule has 0 spiro atoms. The summed E-state index contributed by atoms with van der Waals surface area (Å²) in [7, 11) is 0. The van der Waals surface area contributed by atoms with Gasteiger partial charge in [0.2, 0.25) is 0 Å². The summed E-state index contributed by atoms with van der Waals surface area (Å²) in [6.45, 7) is 5.26. The molecule has 0 amide bonds. The second kappa shape index (κ2) is 8.96. The van der Waals surface area contributed by atoms with Crippen molar-refractivity contribution in [3.63, 3.8) is 0 Å². The molecule has 1 unspecified atom stereocenters. The number of anilines is 1. The third-order valence-corrected chi connectivity index (χ3v) is 5.46. The van der Waals surface area contributed by atoms with Crippen LogP contribution < -0.4 is 9.64 Å². The average molecular weight is 376 g/mol. The van der Waals surface area contributed by atoms with Crippen LogP contribution in [0.3, 0.4) is 0 Å². The predicted octanol–water partition coefficient (Wildman–Crippen LogP) is 4.87. The first-order valence-corrected chi connectivity index (χ1v) is 10.3. The topological polar surface area (TPSA) is 30.3 Å². The maximum absolute atomic E-state index is 6.38. The molecule has 0 aliphatic carbocycles. The number of aromatic nitrogens is 2. The second-order valence-corrected chi connectivity index (χ2v) is 7.71. The van der Waals surface area contributed by atoms with Gasteiger partial charge in [-0.1, -0.05) is 29.8 Å². The van der Waals surface area contributed by atoms with Gasteiger partial charge in [-0.05, 0) is 62.4 Å². The molecule has 1 aliphatic rings. The molecule has 1 aromatic heterocycles. The Morgan fingerprint density at radius 1 is 1.00 bits per heavy atom. The predicted molar refractivity (Wildman–Crippen MR) is 114 cm³/mol. The van der Waals surface area contributed by atoms with E-state index in [1.165, 1.54) is 42.7 Å². The molecule has 1 aliphatic heterocycles. The number of aryl methyl sites for hydroxylation is 2. The van der Waals surface area contributed by atoms with Crippen molar-refractivity contribution in [2.75, 3.05) is 18.0 Å². The second-order valence-electron chi connectivity index (χ2n) is 7.71. The van der Waals surface area contributed by atoms with Crippen molar-refractivity contribution < 1.29 is 4.74 Å². The Morgan fingerprint density at radius 3 is 2.43 bits per heavy atom. The number of nitrogens with zero attached hydrogens (tertiary/aromatic N) is 3. The van der Waals surface area contributed by atoms with Gasteiger partial charge in [0.05, 0.1) is 12.9 Å². The van der Waals surface area contributed by atoms with E-state index in [0.29, 0.717) is 0 Å². The Balaban J connectivity index is 1.41. The SMILES string of the molecule is Cc1ccc(CCC(Cn2ccnc2)Oc2ccc(N3CCCC3)cc2)cc1. The Morgan fingerprint density at radius 2 is 1.75 bits per heavy atom. The minimum absolute atomic E-state index is 0.105. The molecule has 0 N–H and O–H groups in total. The lowest BCUT2D eigenvalue weighted by molar-refractivity contribution is 0.170. The molecule has 2 aromatic carbocycles. The number of hydrogen-bond donors (Lipinski definition) is 0. The average Bonchev–Trinajstić information content (AvgIpc) is 3.42. The molecule has 146 valence electrons. The van der Waals surface area contributed by atoms with Crippen LogP contribution in [-0.2, 0) is 13.0 Å². The third kappa shape index (κ3) is 4.94. The molecule has 2 heterocycles. The van der Waals surface area contributed by atoms with Gasteiger partial charge in [0.25, 0.3) is 0 Å². The zero-order chi connectivity index (χ0) is 19.2. The molecule has 28 heavy (non-hydrogen) atoms. The lowest BCUT2D eigenvalue weighted by Gasteiger charge is -2.21. The largest absolute Gasteiger partial charge is 0.489 e. The Kier molecular flexibility index (Phi) is 5.95. The van der Waals surface area contributed by atoms with E-state index in [0.717, 1.165) is 25.1 Å². The van der Waals surface area contributed by atoms with Crippen LogP contribution in [0.15, 0.2) is 67.3 Å². The van der Waals surface area contributed by atoms with Crippen LogP contribution in [0.1, 0.15) is 30.4 Å². The van der Waals surface area contributed by atoms with E-state index in [2.05, 4.69) is 69.9 Å².